The van der Waals surface area contributed by atoms with Crippen molar-refractivity contribution >= 4 is 21.9 Å². The van der Waals surface area contributed by atoms with Crippen LogP contribution in [-0.2, 0) is 17.8 Å². The lowest BCUT2D eigenvalue weighted by atomic mass is 10.1. The van der Waals surface area contributed by atoms with Gasteiger partial charge in [-0.15, -0.1) is 0 Å². The van der Waals surface area contributed by atoms with E-state index in [-0.39, 0.29) is 5.97 Å². The van der Waals surface area contributed by atoms with E-state index in [0.717, 1.165) is 34.6 Å². The molecule has 0 fully saturated rings. The number of esters is 1. The molecule has 0 saturated carbocycles. The van der Waals surface area contributed by atoms with Crippen LogP contribution in [0.3, 0.4) is 0 Å². The molecule has 0 radical (unpaired) electrons. The fourth-order valence-electron chi connectivity index (χ4n) is 2.10. The van der Waals surface area contributed by atoms with Crippen LogP contribution in [-0.4, -0.2) is 25.0 Å². The third kappa shape index (κ3) is 4.19. The maximum Gasteiger partial charge on any atom is 0.337 e. The van der Waals surface area contributed by atoms with Crippen molar-refractivity contribution in [1.82, 2.24) is 4.90 Å². The summed E-state index contributed by atoms with van der Waals surface area (Å²) in [7, 11) is 3.40. The Hall–Kier alpha value is -1.59. The summed E-state index contributed by atoms with van der Waals surface area (Å²) in [6, 6.07) is 9.44. The van der Waals surface area contributed by atoms with Crippen molar-refractivity contribution in [2.75, 3.05) is 14.2 Å². The van der Waals surface area contributed by atoms with Crippen molar-refractivity contribution in [3.8, 4) is 0 Å². The lowest BCUT2D eigenvalue weighted by molar-refractivity contribution is 0.0600. The van der Waals surface area contributed by atoms with Gasteiger partial charge in [0, 0.05) is 11.0 Å². The SMILES string of the molecule is COC(=O)c1ccc(CN(C)Cc2ccc(C)o2)c(Br)c1. The van der Waals surface area contributed by atoms with E-state index in [1.54, 1.807) is 12.1 Å². The van der Waals surface area contributed by atoms with Gasteiger partial charge in [0.25, 0.3) is 0 Å². The molecular weight excluding hydrogens is 334 g/mol. The Labute approximate surface area is 132 Å². The fraction of sp³-hybridized carbons (Fsp3) is 0.312. The van der Waals surface area contributed by atoms with E-state index in [9.17, 15) is 4.79 Å². The molecule has 1 aromatic heterocycles. The van der Waals surface area contributed by atoms with Crippen LogP contribution >= 0.6 is 15.9 Å². The van der Waals surface area contributed by atoms with Crippen LogP contribution in [0.4, 0.5) is 0 Å². The highest BCUT2D eigenvalue weighted by Crippen LogP contribution is 2.21. The van der Waals surface area contributed by atoms with Crippen LogP contribution in [0.5, 0.6) is 0 Å². The molecule has 0 amide bonds. The number of furan rings is 1. The Morgan fingerprint density at radius 1 is 1.29 bits per heavy atom. The van der Waals surface area contributed by atoms with Crippen LogP contribution < -0.4 is 0 Å². The van der Waals surface area contributed by atoms with Gasteiger partial charge in [-0.1, -0.05) is 22.0 Å². The molecule has 0 aliphatic rings. The van der Waals surface area contributed by atoms with Crippen molar-refractivity contribution in [2.45, 2.75) is 20.0 Å². The van der Waals surface area contributed by atoms with Gasteiger partial charge in [-0.05, 0) is 43.8 Å². The number of halogens is 1. The number of benzene rings is 1. The molecule has 0 atom stereocenters. The third-order valence-corrected chi connectivity index (χ3v) is 3.87. The summed E-state index contributed by atoms with van der Waals surface area (Å²) in [6.45, 7) is 3.42. The number of hydrogen-bond donors (Lipinski definition) is 0. The summed E-state index contributed by atoms with van der Waals surface area (Å²) in [6.07, 6.45) is 0. The van der Waals surface area contributed by atoms with Crippen LogP contribution in [0.15, 0.2) is 39.2 Å². The normalized spacial score (nSPS) is 10.9. The largest absolute Gasteiger partial charge is 0.465 e. The molecule has 2 rings (SSSR count). The Morgan fingerprint density at radius 2 is 2.05 bits per heavy atom. The highest BCUT2D eigenvalue weighted by Gasteiger charge is 2.11. The number of hydrogen-bond acceptors (Lipinski definition) is 4. The van der Waals surface area contributed by atoms with E-state index in [4.69, 9.17) is 9.15 Å². The quantitative estimate of drug-likeness (QED) is 0.769. The molecule has 2 aromatic rings. The summed E-state index contributed by atoms with van der Waals surface area (Å²) in [4.78, 5) is 13.6. The van der Waals surface area contributed by atoms with Gasteiger partial charge in [-0.2, -0.15) is 0 Å². The first-order chi connectivity index (χ1) is 9.99. The maximum atomic E-state index is 11.5. The average molecular weight is 352 g/mol. The molecule has 4 nitrogen and oxygen atoms in total. The molecule has 0 aliphatic carbocycles. The molecule has 1 heterocycles. The average Bonchev–Trinajstić information content (AvgIpc) is 2.85. The lowest BCUT2D eigenvalue weighted by Crippen LogP contribution is -2.17. The number of methoxy groups -OCH3 is 1. The Morgan fingerprint density at radius 3 is 2.62 bits per heavy atom. The molecule has 21 heavy (non-hydrogen) atoms. The molecule has 0 N–H and O–H groups in total. The third-order valence-electron chi connectivity index (χ3n) is 3.14. The smallest absolute Gasteiger partial charge is 0.337 e. The zero-order chi connectivity index (χ0) is 15.4. The van der Waals surface area contributed by atoms with Gasteiger partial charge in [-0.3, -0.25) is 4.90 Å². The van der Waals surface area contributed by atoms with Gasteiger partial charge in [0.05, 0.1) is 19.2 Å². The summed E-state index contributed by atoms with van der Waals surface area (Å²) >= 11 is 3.50. The van der Waals surface area contributed by atoms with E-state index >= 15 is 0 Å². The van der Waals surface area contributed by atoms with E-state index in [1.807, 2.05) is 32.2 Å². The van der Waals surface area contributed by atoms with Crippen molar-refractivity contribution < 1.29 is 13.9 Å². The molecule has 0 unspecified atom stereocenters. The molecule has 5 heteroatoms. The Balaban J connectivity index is 2.03. The minimum Gasteiger partial charge on any atom is -0.465 e. The lowest BCUT2D eigenvalue weighted by Gasteiger charge is -2.16. The number of aryl methyl sites for hydroxylation is 1. The van der Waals surface area contributed by atoms with Crippen molar-refractivity contribution in [2.24, 2.45) is 0 Å². The standard InChI is InChI=1S/C16H18BrNO3/c1-11-4-7-14(21-11)10-18(2)9-13-6-5-12(8-15(13)17)16(19)20-3/h4-8H,9-10H2,1-3H3. The Kier molecular flexibility index (Phi) is 5.20. The molecular formula is C16H18BrNO3. The molecule has 0 aliphatic heterocycles. The first-order valence-electron chi connectivity index (χ1n) is 6.60. The van der Waals surface area contributed by atoms with Gasteiger partial charge in [-0.25, -0.2) is 4.79 Å². The fourth-order valence-corrected chi connectivity index (χ4v) is 2.61. The second kappa shape index (κ2) is 6.91. The van der Waals surface area contributed by atoms with Gasteiger partial charge < -0.3 is 9.15 Å². The van der Waals surface area contributed by atoms with E-state index in [2.05, 4.69) is 20.8 Å². The number of rotatable bonds is 5. The number of ether oxygens (including phenoxy) is 1. The van der Waals surface area contributed by atoms with Crippen molar-refractivity contribution in [1.29, 1.82) is 0 Å². The molecule has 0 saturated heterocycles. The highest BCUT2D eigenvalue weighted by molar-refractivity contribution is 9.10. The van der Waals surface area contributed by atoms with E-state index in [1.165, 1.54) is 7.11 Å². The predicted octanol–water partition coefficient (Wildman–Crippen LogP) is 3.77. The minimum absolute atomic E-state index is 0.332. The first kappa shape index (κ1) is 15.8. The van der Waals surface area contributed by atoms with Crippen LogP contribution in [0.2, 0.25) is 0 Å². The van der Waals surface area contributed by atoms with Crippen LogP contribution in [0, 0.1) is 6.92 Å². The first-order valence-corrected chi connectivity index (χ1v) is 7.39. The van der Waals surface area contributed by atoms with Crippen LogP contribution in [0.25, 0.3) is 0 Å². The molecule has 112 valence electrons. The number of nitrogens with zero attached hydrogens (tertiary/aromatic N) is 1. The van der Waals surface area contributed by atoms with Gasteiger partial charge in [0.2, 0.25) is 0 Å². The van der Waals surface area contributed by atoms with Crippen LogP contribution in [0.1, 0.15) is 27.4 Å². The summed E-state index contributed by atoms with van der Waals surface area (Å²) in [5.74, 6) is 1.53. The highest BCUT2D eigenvalue weighted by atomic mass is 79.9. The second-order valence-electron chi connectivity index (χ2n) is 4.98. The second-order valence-corrected chi connectivity index (χ2v) is 5.84. The minimum atomic E-state index is -0.332. The maximum absolute atomic E-state index is 11.5. The van der Waals surface area contributed by atoms with Gasteiger partial charge >= 0.3 is 5.97 Å². The Bertz CT molecular complexity index is 636. The predicted molar refractivity (Wildman–Crippen MR) is 84.1 cm³/mol. The van der Waals surface area contributed by atoms with E-state index in [0.29, 0.717) is 5.56 Å². The molecule has 0 spiro atoms. The van der Waals surface area contributed by atoms with Crippen molar-refractivity contribution in [3.63, 3.8) is 0 Å². The summed E-state index contributed by atoms with van der Waals surface area (Å²) < 4.78 is 11.2. The summed E-state index contributed by atoms with van der Waals surface area (Å²) in [5, 5.41) is 0. The summed E-state index contributed by atoms with van der Waals surface area (Å²) in [5.41, 5.74) is 1.64. The number of carbonyl (C=O) groups is 1. The van der Waals surface area contributed by atoms with Crippen molar-refractivity contribution in [3.05, 3.63) is 57.5 Å². The topological polar surface area (TPSA) is 42.7 Å². The molecule has 0 bridgehead atoms. The van der Waals surface area contributed by atoms with E-state index < -0.39 is 0 Å². The van der Waals surface area contributed by atoms with Gasteiger partial charge in [0.15, 0.2) is 0 Å². The number of carbonyl (C=O) groups excluding carboxylic acids is 1. The molecule has 1 aromatic carbocycles. The monoisotopic (exact) mass is 351 g/mol. The zero-order valence-corrected chi connectivity index (χ0v) is 13.9. The zero-order valence-electron chi connectivity index (χ0n) is 12.4. The van der Waals surface area contributed by atoms with Gasteiger partial charge in [0.1, 0.15) is 11.5 Å².